The standard InChI is InChI=1S/C33H35N7O2.C2H6/c1-22(2)31-18-32(40(38-31)26-11-8-23(3)34-20-26)37-33(41)36-30-13-12-27(28-6-4-5-7-29(28)30)24-9-10-25(35-19-24)21-39-14-16-42-17-15-39;1-2/h4-13,18-20,22H,14-17,21H2,1-3H3,(H2,36,37,41);1-2H3. The summed E-state index contributed by atoms with van der Waals surface area (Å²) < 4.78 is 7.18. The quantitative estimate of drug-likeness (QED) is 0.204. The Morgan fingerprint density at radius 1 is 0.909 bits per heavy atom. The molecule has 1 aliphatic rings. The fraction of sp³-hybridized carbons (Fsp3) is 0.314. The molecule has 2 amide bonds. The van der Waals surface area contributed by atoms with Crippen molar-refractivity contribution in [2.24, 2.45) is 0 Å². The predicted octanol–water partition coefficient (Wildman–Crippen LogP) is 7.42. The third kappa shape index (κ3) is 7.12. The molecule has 44 heavy (non-hydrogen) atoms. The first-order chi connectivity index (χ1) is 21.4. The Morgan fingerprint density at radius 3 is 2.36 bits per heavy atom. The first-order valence-corrected chi connectivity index (χ1v) is 15.3. The fourth-order valence-corrected chi connectivity index (χ4v) is 5.15. The molecule has 1 fully saturated rings. The summed E-state index contributed by atoms with van der Waals surface area (Å²) in [5.74, 6) is 0.777. The van der Waals surface area contributed by atoms with E-state index in [-0.39, 0.29) is 11.9 Å². The van der Waals surface area contributed by atoms with Crippen molar-refractivity contribution in [3.63, 3.8) is 0 Å². The van der Waals surface area contributed by atoms with Crippen molar-refractivity contribution in [3.05, 3.63) is 96.2 Å². The van der Waals surface area contributed by atoms with Crippen molar-refractivity contribution >= 4 is 28.3 Å². The van der Waals surface area contributed by atoms with Crippen LogP contribution >= 0.6 is 0 Å². The van der Waals surface area contributed by atoms with Crippen LogP contribution in [0.3, 0.4) is 0 Å². The Balaban J connectivity index is 0.00000188. The van der Waals surface area contributed by atoms with Crippen LogP contribution in [0.4, 0.5) is 16.3 Å². The predicted molar refractivity (Wildman–Crippen MR) is 177 cm³/mol. The van der Waals surface area contributed by atoms with Gasteiger partial charge in [-0.15, -0.1) is 0 Å². The number of nitrogens with zero attached hydrogens (tertiary/aromatic N) is 5. The number of fused-ring (bicyclic) bond motifs is 1. The van der Waals surface area contributed by atoms with Gasteiger partial charge in [0.15, 0.2) is 0 Å². The van der Waals surface area contributed by atoms with Crippen molar-refractivity contribution in [1.82, 2.24) is 24.6 Å². The van der Waals surface area contributed by atoms with E-state index in [0.717, 1.165) is 83.2 Å². The minimum absolute atomic E-state index is 0.202. The van der Waals surface area contributed by atoms with E-state index in [0.29, 0.717) is 5.82 Å². The van der Waals surface area contributed by atoms with E-state index in [1.165, 1.54) is 0 Å². The Kier molecular flexibility index (Phi) is 9.99. The summed E-state index contributed by atoms with van der Waals surface area (Å²) in [4.78, 5) is 24.8. The molecule has 1 saturated heterocycles. The normalized spacial score (nSPS) is 13.4. The lowest BCUT2D eigenvalue weighted by Crippen LogP contribution is -2.35. The van der Waals surface area contributed by atoms with E-state index >= 15 is 0 Å². The maximum atomic E-state index is 13.3. The summed E-state index contributed by atoms with van der Waals surface area (Å²) in [5, 5.41) is 12.8. The van der Waals surface area contributed by atoms with Crippen LogP contribution in [0.1, 0.15) is 50.7 Å². The van der Waals surface area contributed by atoms with Crippen molar-refractivity contribution in [2.45, 2.75) is 47.1 Å². The van der Waals surface area contributed by atoms with Crippen molar-refractivity contribution in [3.8, 4) is 16.8 Å². The van der Waals surface area contributed by atoms with E-state index in [1.54, 1.807) is 10.9 Å². The highest BCUT2D eigenvalue weighted by molar-refractivity contribution is 6.09. The Labute approximate surface area is 259 Å². The van der Waals surface area contributed by atoms with Crippen LogP contribution in [-0.2, 0) is 11.3 Å². The van der Waals surface area contributed by atoms with Crippen LogP contribution in [0.15, 0.2) is 79.1 Å². The molecule has 228 valence electrons. The molecule has 3 aromatic heterocycles. The van der Waals surface area contributed by atoms with Gasteiger partial charge in [0.25, 0.3) is 0 Å². The molecule has 9 heteroatoms. The average Bonchev–Trinajstić information content (AvgIpc) is 3.47. The molecule has 2 aromatic carbocycles. The molecule has 0 atom stereocenters. The maximum absolute atomic E-state index is 13.3. The number of benzene rings is 2. The van der Waals surface area contributed by atoms with E-state index in [4.69, 9.17) is 14.8 Å². The fourth-order valence-electron chi connectivity index (χ4n) is 5.15. The Hall–Kier alpha value is -4.60. The second kappa shape index (κ2) is 14.2. The van der Waals surface area contributed by atoms with Gasteiger partial charge in [-0.3, -0.25) is 20.2 Å². The van der Waals surface area contributed by atoms with Crippen molar-refractivity contribution < 1.29 is 9.53 Å². The number of hydrogen-bond acceptors (Lipinski definition) is 6. The number of ether oxygens (including phenoxy) is 1. The third-order valence-corrected chi connectivity index (χ3v) is 7.50. The lowest BCUT2D eigenvalue weighted by Gasteiger charge is -2.26. The molecular formula is C35H41N7O2. The van der Waals surface area contributed by atoms with Gasteiger partial charge >= 0.3 is 6.03 Å². The molecule has 0 aliphatic carbocycles. The number of nitrogens with one attached hydrogen (secondary N) is 2. The largest absolute Gasteiger partial charge is 0.379 e. The number of aromatic nitrogens is 4. The number of morpholine rings is 1. The zero-order valence-electron chi connectivity index (χ0n) is 26.2. The smallest absolute Gasteiger partial charge is 0.324 e. The number of urea groups is 1. The van der Waals surface area contributed by atoms with Crippen LogP contribution in [0, 0.1) is 6.92 Å². The summed E-state index contributed by atoms with van der Waals surface area (Å²) in [5.41, 5.74) is 6.43. The number of hydrogen-bond donors (Lipinski definition) is 2. The van der Waals surface area contributed by atoms with Crippen LogP contribution in [0.2, 0.25) is 0 Å². The molecule has 0 saturated carbocycles. The molecule has 0 bridgehead atoms. The van der Waals surface area contributed by atoms with Gasteiger partial charge in [0.05, 0.1) is 42.2 Å². The van der Waals surface area contributed by atoms with Gasteiger partial charge in [0, 0.05) is 48.5 Å². The van der Waals surface area contributed by atoms with E-state index in [1.807, 2.05) is 75.5 Å². The van der Waals surface area contributed by atoms with Gasteiger partial charge in [-0.2, -0.15) is 5.10 Å². The Bertz CT molecular complexity index is 1690. The van der Waals surface area contributed by atoms with Crippen molar-refractivity contribution in [1.29, 1.82) is 0 Å². The van der Waals surface area contributed by atoms with E-state index < -0.39 is 0 Å². The maximum Gasteiger partial charge on any atom is 0.324 e. The van der Waals surface area contributed by atoms with E-state index in [2.05, 4.69) is 52.6 Å². The van der Waals surface area contributed by atoms with Gasteiger partial charge < -0.3 is 10.1 Å². The summed E-state index contributed by atoms with van der Waals surface area (Å²) in [6.45, 7) is 14.3. The van der Waals surface area contributed by atoms with Gasteiger partial charge in [-0.1, -0.05) is 64.1 Å². The minimum Gasteiger partial charge on any atom is -0.379 e. The minimum atomic E-state index is -0.349. The Morgan fingerprint density at radius 2 is 1.68 bits per heavy atom. The molecule has 0 radical (unpaired) electrons. The number of rotatable bonds is 7. The second-order valence-electron chi connectivity index (χ2n) is 10.9. The van der Waals surface area contributed by atoms with E-state index in [9.17, 15) is 4.79 Å². The summed E-state index contributed by atoms with van der Waals surface area (Å²) in [6.07, 6.45) is 3.69. The van der Waals surface area contributed by atoms with Crippen LogP contribution in [-0.4, -0.2) is 57.0 Å². The number of amides is 2. The highest BCUT2D eigenvalue weighted by Gasteiger charge is 2.17. The average molecular weight is 592 g/mol. The van der Waals surface area contributed by atoms with Crippen LogP contribution in [0.25, 0.3) is 27.6 Å². The molecule has 6 rings (SSSR count). The molecule has 4 heterocycles. The number of pyridine rings is 2. The molecule has 5 aromatic rings. The summed E-state index contributed by atoms with van der Waals surface area (Å²) in [6, 6.07) is 21.7. The second-order valence-corrected chi connectivity index (χ2v) is 10.9. The number of anilines is 2. The first-order valence-electron chi connectivity index (χ1n) is 15.3. The molecule has 9 nitrogen and oxygen atoms in total. The zero-order valence-corrected chi connectivity index (χ0v) is 26.2. The lowest BCUT2D eigenvalue weighted by atomic mass is 9.98. The molecule has 0 unspecified atom stereocenters. The van der Waals surface area contributed by atoms with Crippen LogP contribution < -0.4 is 10.6 Å². The van der Waals surface area contributed by atoms with Gasteiger partial charge in [-0.25, -0.2) is 9.48 Å². The first kappa shape index (κ1) is 30.8. The number of carbonyl (C=O) groups is 1. The van der Waals surface area contributed by atoms with Gasteiger partial charge in [0.1, 0.15) is 5.82 Å². The number of carbonyl (C=O) groups excluding carboxylic acids is 1. The monoisotopic (exact) mass is 591 g/mol. The zero-order chi connectivity index (χ0) is 31.1. The highest BCUT2D eigenvalue weighted by Crippen LogP contribution is 2.33. The summed E-state index contributed by atoms with van der Waals surface area (Å²) in [7, 11) is 0. The van der Waals surface area contributed by atoms with Gasteiger partial charge in [0.2, 0.25) is 0 Å². The molecule has 0 spiro atoms. The third-order valence-electron chi connectivity index (χ3n) is 7.50. The highest BCUT2D eigenvalue weighted by atomic mass is 16.5. The molecular weight excluding hydrogens is 550 g/mol. The lowest BCUT2D eigenvalue weighted by molar-refractivity contribution is 0.0336. The van der Waals surface area contributed by atoms with Crippen LogP contribution in [0.5, 0.6) is 0 Å². The van der Waals surface area contributed by atoms with Crippen molar-refractivity contribution in [2.75, 3.05) is 36.9 Å². The SMILES string of the molecule is CC.Cc1ccc(-n2nc(C(C)C)cc2NC(=O)Nc2ccc(-c3ccc(CN4CCOCC4)nc3)c3ccccc23)cn1. The number of aryl methyl sites for hydroxylation is 1. The topological polar surface area (TPSA) is 97.2 Å². The van der Waals surface area contributed by atoms with Gasteiger partial charge in [-0.05, 0) is 48.1 Å². The molecule has 1 aliphatic heterocycles. The molecule has 2 N–H and O–H groups in total. The summed E-state index contributed by atoms with van der Waals surface area (Å²) >= 11 is 0.